The van der Waals surface area contributed by atoms with E-state index in [0.29, 0.717) is 0 Å². The molecule has 0 atom stereocenters. The molecular formula is C5H11NO2. The van der Waals surface area contributed by atoms with Gasteiger partial charge in [-0.25, -0.2) is 0 Å². The van der Waals surface area contributed by atoms with Gasteiger partial charge in [0.1, 0.15) is 0 Å². The van der Waals surface area contributed by atoms with Crippen molar-refractivity contribution in [2.45, 2.75) is 12.8 Å². The van der Waals surface area contributed by atoms with Crippen molar-refractivity contribution in [2.75, 3.05) is 6.54 Å². The molecule has 0 aromatic carbocycles. The van der Waals surface area contributed by atoms with E-state index in [4.69, 9.17) is 15.6 Å². The Bertz CT molecular complexity index is 61.4. The first-order valence-corrected chi connectivity index (χ1v) is 2.63. The fourth-order valence-corrected chi connectivity index (χ4v) is 0.354. The Morgan fingerprint density at radius 2 is 2.12 bits per heavy atom. The monoisotopic (exact) mass is 117 g/mol. The van der Waals surface area contributed by atoms with E-state index in [1.807, 2.05) is 0 Å². The summed E-state index contributed by atoms with van der Waals surface area (Å²) in [4.78, 5) is 8.36. The first-order valence-electron chi connectivity index (χ1n) is 2.63. The van der Waals surface area contributed by atoms with Crippen molar-refractivity contribution in [1.82, 2.24) is 0 Å². The molecule has 1 aliphatic rings. The lowest BCUT2D eigenvalue weighted by atomic mass is 10.5. The zero-order valence-corrected chi connectivity index (χ0v) is 4.71. The van der Waals surface area contributed by atoms with Gasteiger partial charge >= 0.3 is 0 Å². The molecule has 0 heterocycles. The van der Waals surface area contributed by atoms with Crippen LogP contribution in [0.15, 0.2) is 0 Å². The highest BCUT2D eigenvalue weighted by Gasteiger charge is 2.17. The predicted octanol–water partition coefficient (Wildman–Crippen LogP) is 0.0559. The highest BCUT2D eigenvalue weighted by atomic mass is 16.3. The minimum absolute atomic E-state index is 0.250. The quantitative estimate of drug-likeness (QED) is 0.477. The maximum atomic E-state index is 8.36. The van der Waals surface area contributed by atoms with Crippen LogP contribution in [0.1, 0.15) is 12.8 Å². The zero-order valence-electron chi connectivity index (χ0n) is 4.71. The third kappa shape index (κ3) is 5.43. The summed E-state index contributed by atoms with van der Waals surface area (Å²) in [7, 11) is 0. The molecule has 3 N–H and O–H groups in total. The summed E-state index contributed by atoms with van der Waals surface area (Å²) in [6, 6.07) is 0. The van der Waals surface area contributed by atoms with Crippen molar-refractivity contribution in [3.8, 4) is 0 Å². The summed E-state index contributed by atoms with van der Waals surface area (Å²) in [5.41, 5.74) is 5.23. The normalized spacial score (nSPS) is 16.1. The maximum Gasteiger partial charge on any atom is 0.290 e. The van der Waals surface area contributed by atoms with Crippen molar-refractivity contribution in [2.24, 2.45) is 11.7 Å². The molecule has 0 spiro atoms. The SMILES string of the molecule is NCC1CC1.O=CO. The highest BCUT2D eigenvalue weighted by Crippen LogP contribution is 2.26. The van der Waals surface area contributed by atoms with Crippen molar-refractivity contribution >= 4 is 6.47 Å². The van der Waals surface area contributed by atoms with Gasteiger partial charge in [0.25, 0.3) is 6.47 Å². The second-order valence-electron chi connectivity index (χ2n) is 1.78. The van der Waals surface area contributed by atoms with Crippen LogP contribution in [0.2, 0.25) is 0 Å². The van der Waals surface area contributed by atoms with Crippen molar-refractivity contribution < 1.29 is 9.90 Å². The molecule has 3 heteroatoms. The third-order valence-electron chi connectivity index (χ3n) is 1.03. The molecule has 1 saturated carbocycles. The Morgan fingerprint density at radius 3 is 2.12 bits per heavy atom. The van der Waals surface area contributed by atoms with Crippen LogP contribution in [0.3, 0.4) is 0 Å². The van der Waals surface area contributed by atoms with E-state index >= 15 is 0 Å². The molecule has 0 aromatic heterocycles. The lowest BCUT2D eigenvalue weighted by molar-refractivity contribution is -0.122. The van der Waals surface area contributed by atoms with Gasteiger partial charge < -0.3 is 10.8 Å². The molecule has 0 aliphatic heterocycles. The summed E-state index contributed by atoms with van der Waals surface area (Å²) in [5.74, 6) is 0.912. The number of carboxylic acid groups (broad SMARTS) is 1. The van der Waals surface area contributed by atoms with Crippen LogP contribution in [0.5, 0.6) is 0 Å². The van der Waals surface area contributed by atoms with Gasteiger partial charge in [0, 0.05) is 0 Å². The number of hydrogen-bond donors (Lipinski definition) is 2. The minimum atomic E-state index is -0.250. The van der Waals surface area contributed by atoms with Crippen molar-refractivity contribution in [1.29, 1.82) is 0 Å². The second-order valence-corrected chi connectivity index (χ2v) is 1.78. The van der Waals surface area contributed by atoms with Crippen molar-refractivity contribution in [3.63, 3.8) is 0 Å². The molecule has 0 radical (unpaired) electrons. The predicted molar refractivity (Wildman–Crippen MR) is 30.5 cm³/mol. The van der Waals surface area contributed by atoms with Gasteiger partial charge in [0.15, 0.2) is 0 Å². The van der Waals surface area contributed by atoms with Crippen LogP contribution in [0.25, 0.3) is 0 Å². The maximum absolute atomic E-state index is 8.36. The molecule has 0 amide bonds. The second kappa shape index (κ2) is 4.59. The smallest absolute Gasteiger partial charge is 0.290 e. The molecule has 8 heavy (non-hydrogen) atoms. The summed E-state index contributed by atoms with van der Waals surface area (Å²) in [6.45, 7) is 0.667. The Labute approximate surface area is 48.5 Å². The summed E-state index contributed by atoms with van der Waals surface area (Å²) in [5, 5.41) is 6.89. The summed E-state index contributed by atoms with van der Waals surface area (Å²) in [6.07, 6.45) is 2.77. The lowest BCUT2D eigenvalue weighted by Crippen LogP contribution is -1.98. The van der Waals surface area contributed by atoms with E-state index in [0.717, 1.165) is 12.5 Å². The first-order chi connectivity index (χ1) is 3.85. The standard InChI is InChI=1S/C4H9N.CH2O2/c5-3-4-1-2-4;2-1-3/h4H,1-3,5H2;1H,(H,2,3). The van der Waals surface area contributed by atoms with Crippen LogP contribution in [0.4, 0.5) is 0 Å². The molecular weight excluding hydrogens is 106 g/mol. The number of nitrogens with two attached hydrogens (primary N) is 1. The average molecular weight is 117 g/mol. The molecule has 1 aliphatic carbocycles. The van der Waals surface area contributed by atoms with Gasteiger partial charge in [-0.3, -0.25) is 4.79 Å². The third-order valence-corrected chi connectivity index (χ3v) is 1.03. The molecule has 0 aromatic rings. The van der Waals surface area contributed by atoms with Gasteiger partial charge in [-0.05, 0) is 25.3 Å². The fourth-order valence-electron chi connectivity index (χ4n) is 0.354. The Morgan fingerprint density at radius 1 is 1.75 bits per heavy atom. The molecule has 0 unspecified atom stereocenters. The number of carbonyl (C=O) groups is 1. The van der Waals surface area contributed by atoms with Crippen LogP contribution >= 0.6 is 0 Å². The topological polar surface area (TPSA) is 63.3 Å². The average Bonchev–Trinajstić information content (AvgIpc) is 2.48. The summed E-state index contributed by atoms with van der Waals surface area (Å²) >= 11 is 0. The largest absolute Gasteiger partial charge is 0.483 e. The summed E-state index contributed by atoms with van der Waals surface area (Å²) < 4.78 is 0. The van der Waals surface area contributed by atoms with Crippen LogP contribution in [-0.2, 0) is 4.79 Å². The van der Waals surface area contributed by atoms with Gasteiger partial charge in [-0.2, -0.15) is 0 Å². The van der Waals surface area contributed by atoms with Crippen LogP contribution in [0, 0.1) is 5.92 Å². The number of hydrogen-bond acceptors (Lipinski definition) is 2. The minimum Gasteiger partial charge on any atom is -0.483 e. The van der Waals surface area contributed by atoms with Crippen molar-refractivity contribution in [3.05, 3.63) is 0 Å². The van der Waals surface area contributed by atoms with Gasteiger partial charge in [-0.1, -0.05) is 0 Å². The van der Waals surface area contributed by atoms with Crippen LogP contribution in [-0.4, -0.2) is 18.1 Å². The van der Waals surface area contributed by atoms with Gasteiger partial charge in [0.05, 0.1) is 0 Å². The Hall–Kier alpha value is -0.570. The van der Waals surface area contributed by atoms with Crippen LogP contribution < -0.4 is 5.73 Å². The molecule has 0 saturated heterocycles. The zero-order chi connectivity index (χ0) is 6.41. The molecule has 0 bridgehead atoms. The van der Waals surface area contributed by atoms with E-state index in [-0.39, 0.29) is 6.47 Å². The molecule has 1 fully saturated rings. The molecule has 48 valence electrons. The van der Waals surface area contributed by atoms with E-state index in [1.54, 1.807) is 0 Å². The lowest BCUT2D eigenvalue weighted by Gasteiger charge is -1.74. The van der Waals surface area contributed by atoms with E-state index in [1.165, 1.54) is 12.8 Å². The van der Waals surface area contributed by atoms with E-state index in [9.17, 15) is 0 Å². The first kappa shape index (κ1) is 7.43. The fraction of sp³-hybridized carbons (Fsp3) is 0.800. The molecule has 1 rings (SSSR count). The van der Waals surface area contributed by atoms with Gasteiger partial charge in [0.2, 0.25) is 0 Å². The van der Waals surface area contributed by atoms with E-state index in [2.05, 4.69) is 0 Å². The van der Waals surface area contributed by atoms with E-state index < -0.39 is 0 Å². The Kier molecular flexibility index (Phi) is 4.26. The number of rotatable bonds is 1. The highest BCUT2D eigenvalue weighted by molar-refractivity contribution is 5.32. The van der Waals surface area contributed by atoms with Gasteiger partial charge in [-0.15, -0.1) is 0 Å². The molecule has 3 nitrogen and oxygen atoms in total. The Balaban J connectivity index is 0.000000145.